The summed E-state index contributed by atoms with van der Waals surface area (Å²) in [5.74, 6) is -3.32. The second kappa shape index (κ2) is 14.2. The molecule has 3 atom stereocenters. The monoisotopic (exact) mass is 568 g/mol. The van der Waals surface area contributed by atoms with Crippen LogP contribution in [-0.2, 0) is 19.1 Å². The van der Waals surface area contributed by atoms with E-state index in [1.165, 1.54) is 4.90 Å². The van der Waals surface area contributed by atoms with Crippen molar-refractivity contribution >= 4 is 45.1 Å². The molecule has 1 aromatic rings. The summed E-state index contributed by atoms with van der Waals surface area (Å²) in [6.45, 7) is 2.66. The van der Waals surface area contributed by atoms with Crippen molar-refractivity contribution in [3.05, 3.63) is 34.3 Å². The molecular formula is C25H34BrFN4O5. The fourth-order valence-corrected chi connectivity index (χ4v) is 4.38. The first-order valence-electron chi connectivity index (χ1n) is 11.9. The average molecular weight is 569 g/mol. The Hall–Kier alpha value is -2.66. The van der Waals surface area contributed by atoms with E-state index in [1.807, 2.05) is 13.8 Å². The van der Waals surface area contributed by atoms with Gasteiger partial charge in [0, 0.05) is 41.3 Å². The smallest absolute Gasteiger partial charge is 0.228 e. The maximum Gasteiger partial charge on any atom is 0.228 e. The number of nitrogens with zero attached hydrogens (tertiary/aromatic N) is 2. The summed E-state index contributed by atoms with van der Waals surface area (Å²) < 4.78 is 19.4. The van der Waals surface area contributed by atoms with E-state index in [0.717, 1.165) is 4.47 Å². The Balaban J connectivity index is 2.09. The van der Waals surface area contributed by atoms with E-state index in [1.54, 1.807) is 24.3 Å². The minimum Gasteiger partial charge on any atom is -0.370 e. The zero-order valence-electron chi connectivity index (χ0n) is 20.6. The summed E-state index contributed by atoms with van der Waals surface area (Å²) in [4.78, 5) is 56.7. The van der Waals surface area contributed by atoms with E-state index < -0.39 is 30.3 Å². The van der Waals surface area contributed by atoms with Crippen LogP contribution in [0.4, 0.5) is 4.39 Å². The number of aliphatic imine (C=N–C) groups is 1. The van der Waals surface area contributed by atoms with Gasteiger partial charge in [-0.15, -0.1) is 0 Å². The Bertz CT molecular complexity index is 966. The standard InChI is InChI=1S/C25H34BrFN4O5/c1-15(2)19(11-21(32)16-5-7-18(26)8-6-16)24(35)31-14-36-13-20(31)22(33)10-17(23(34)12-27)4-3-9-30-25(28)29/h5-8,15,17,19-20H,3-4,9-14H2,1-2H3,(H4,28,29,30)/t17-,19+,20+/m1/s1. The van der Waals surface area contributed by atoms with Gasteiger partial charge in [-0.1, -0.05) is 41.9 Å². The maximum atomic E-state index is 13.4. The number of carbonyl (C=O) groups excluding carboxylic acids is 4. The number of rotatable bonds is 14. The van der Waals surface area contributed by atoms with Crippen molar-refractivity contribution in [3.8, 4) is 0 Å². The number of hydrogen-bond donors (Lipinski definition) is 2. The number of ketones is 3. The number of Topliss-reactive ketones (excluding diaryl/α,β-unsaturated/α-hetero) is 3. The fraction of sp³-hybridized carbons (Fsp3) is 0.560. The van der Waals surface area contributed by atoms with Gasteiger partial charge in [0.15, 0.2) is 23.3 Å². The van der Waals surface area contributed by atoms with Gasteiger partial charge in [0.25, 0.3) is 0 Å². The zero-order chi connectivity index (χ0) is 26.8. The van der Waals surface area contributed by atoms with Crippen LogP contribution in [0.2, 0.25) is 0 Å². The van der Waals surface area contributed by atoms with Gasteiger partial charge in [-0.3, -0.25) is 24.2 Å². The largest absolute Gasteiger partial charge is 0.370 e. The van der Waals surface area contributed by atoms with Crippen LogP contribution in [0.3, 0.4) is 0 Å². The van der Waals surface area contributed by atoms with Gasteiger partial charge in [0.1, 0.15) is 19.4 Å². The molecule has 1 saturated heterocycles. The number of carbonyl (C=O) groups is 4. The van der Waals surface area contributed by atoms with Crippen LogP contribution in [0.15, 0.2) is 33.7 Å². The van der Waals surface area contributed by atoms with Crippen molar-refractivity contribution in [2.75, 3.05) is 26.6 Å². The number of nitrogens with two attached hydrogens (primary N) is 2. The molecule has 36 heavy (non-hydrogen) atoms. The van der Waals surface area contributed by atoms with Crippen molar-refractivity contribution in [1.82, 2.24) is 4.90 Å². The van der Waals surface area contributed by atoms with Crippen LogP contribution in [-0.4, -0.2) is 66.7 Å². The van der Waals surface area contributed by atoms with Crippen LogP contribution in [0.5, 0.6) is 0 Å². The average Bonchev–Trinajstić information content (AvgIpc) is 3.33. The van der Waals surface area contributed by atoms with Crippen LogP contribution in [0, 0.1) is 17.8 Å². The third-order valence-corrected chi connectivity index (χ3v) is 6.80. The molecular weight excluding hydrogens is 535 g/mol. The highest BCUT2D eigenvalue weighted by atomic mass is 79.9. The van der Waals surface area contributed by atoms with Crippen LogP contribution in [0.25, 0.3) is 0 Å². The van der Waals surface area contributed by atoms with Crippen LogP contribution in [0.1, 0.15) is 49.9 Å². The molecule has 1 aliphatic rings. The molecule has 0 saturated carbocycles. The highest BCUT2D eigenvalue weighted by Gasteiger charge is 2.40. The molecule has 11 heteroatoms. The molecule has 2 rings (SSSR count). The molecule has 0 aliphatic carbocycles. The predicted molar refractivity (Wildman–Crippen MR) is 137 cm³/mol. The number of ether oxygens (including phenoxy) is 1. The summed E-state index contributed by atoms with van der Waals surface area (Å²) in [6.07, 6.45) is 0.415. The van der Waals surface area contributed by atoms with E-state index in [-0.39, 0.29) is 68.5 Å². The van der Waals surface area contributed by atoms with Crippen LogP contribution < -0.4 is 11.5 Å². The molecule has 1 heterocycles. The van der Waals surface area contributed by atoms with Crippen LogP contribution >= 0.6 is 15.9 Å². The summed E-state index contributed by atoms with van der Waals surface area (Å²) in [6, 6.07) is 6.00. The van der Waals surface area contributed by atoms with E-state index in [4.69, 9.17) is 16.2 Å². The molecule has 0 unspecified atom stereocenters. The van der Waals surface area contributed by atoms with E-state index in [0.29, 0.717) is 12.0 Å². The second-order valence-electron chi connectivity index (χ2n) is 9.22. The van der Waals surface area contributed by atoms with Gasteiger partial charge < -0.3 is 21.1 Å². The fourth-order valence-electron chi connectivity index (χ4n) is 4.11. The Labute approximate surface area is 218 Å². The number of hydrogen-bond acceptors (Lipinski definition) is 6. The van der Waals surface area contributed by atoms with Gasteiger partial charge in [-0.25, -0.2) is 4.39 Å². The molecule has 1 aliphatic heterocycles. The molecule has 0 radical (unpaired) electrons. The third kappa shape index (κ3) is 8.48. The minimum atomic E-state index is -1.18. The van der Waals surface area contributed by atoms with Crippen molar-refractivity contribution in [1.29, 1.82) is 0 Å². The number of alkyl halides is 1. The first-order valence-corrected chi connectivity index (χ1v) is 12.7. The number of halogens is 2. The molecule has 1 fully saturated rings. The third-order valence-electron chi connectivity index (χ3n) is 6.27. The Kier molecular flexibility index (Phi) is 11.6. The summed E-state index contributed by atoms with van der Waals surface area (Å²) in [5.41, 5.74) is 11.1. The molecule has 9 nitrogen and oxygen atoms in total. The number of guanidine groups is 1. The zero-order valence-corrected chi connectivity index (χ0v) is 22.2. The van der Waals surface area contributed by atoms with E-state index in [2.05, 4.69) is 20.9 Å². The Morgan fingerprint density at radius 3 is 2.42 bits per heavy atom. The first kappa shape index (κ1) is 29.6. The normalized spacial score (nSPS) is 17.0. The van der Waals surface area contributed by atoms with Crippen molar-refractivity contribution in [3.63, 3.8) is 0 Å². The number of amides is 1. The summed E-state index contributed by atoms with van der Waals surface area (Å²) in [7, 11) is 0. The lowest BCUT2D eigenvalue weighted by molar-refractivity contribution is -0.143. The quantitative estimate of drug-likeness (QED) is 0.152. The summed E-state index contributed by atoms with van der Waals surface area (Å²) in [5, 5.41) is 0. The predicted octanol–water partition coefficient (Wildman–Crippen LogP) is 2.65. The molecule has 0 aromatic heterocycles. The highest BCUT2D eigenvalue weighted by molar-refractivity contribution is 9.10. The molecule has 4 N–H and O–H groups in total. The van der Waals surface area contributed by atoms with Gasteiger partial charge >= 0.3 is 0 Å². The minimum absolute atomic E-state index is 0.0106. The SMILES string of the molecule is CC(C)[C@H](CC(=O)c1ccc(Br)cc1)C(=O)N1COC[C@H]1C(=O)C[C@@H](CCCN=C(N)N)C(=O)CF. The topological polar surface area (TPSA) is 145 Å². The highest BCUT2D eigenvalue weighted by Crippen LogP contribution is 2.26. The molecule has 0 spiro atoms. The van der Waals surface area contributed by atoms with Gasteiger partial charge in [0.05, 0.1) is 6.61 Å². The number of benzene rings is 1. The lowest BCUT2D eigenvalue weighted by Gasteiger charge is -2.29. The molecule has 198 valence electrons. The van der Waals surface area contributed by atoms with Gasteiger partial charge in [-0.05, 0) is 30.9 Å². The van der Waals surface area contributed by atoms with Crippen molar-refractivity contribution in [2.45, 2.75) is 45.6 Å². The van der Waals surface area contributed by atoms with E-state index >= 15 is 0 Å². The summed E-state index contributed by atoms with van der Waals surface area (Å²) >= 11 is 3.33. The Morgan fingerprint density at radius 2 is 1.83 bits per heavy atom. The van der Waals surface area contributed by atoms with Crippen molar-refractivity contribution < 1.29 is 28.3 Å². The molecule has 1 amide bonds. The Morgan fingerprint density at radius 1 is 1.17 bits per heavy atom. The van der Waals surface area contributed by atoms with Crippen molar-refractivity contribution in [2.24, 2.45) is 34.2 Å². The van der Waals surface area contributed by atoms with E-state index in [9.17, 15) is 23.6 Å². The van der Waals surface area contributed by atoms with Gasteiger partial charge in [-0.2, -0.15) is 0 Å². The molecule has 0 bridgehead atoms. The van der Waals surface area contributed by atoms with Gasteiger partial charge in [0.2, 0.25) is 5.91 Å². The molecule has 1 aromatic carbocycles. The maximum absolute atomic E-state index is 13.4. The lowest BCUT2D eigenvalue weighted by atomic mass is 9.86. The second-order valence-corrected chi connectivity index (χ2v) is 10.1. The first-order chi connectivity index (χ1) is 17.0. The lowest BCUT2D eigenvalue weighted by Crippen LogP contribution is -2.46.